The maximum absolute atomic E-state index is 6.27. The smallest absolute Gasteiger partial charge is 0.159 e. The van der Waals surface area contributed by atoms with Crippen LogP contribution < -0.4 is 0 Å². The van der Waals surface area contributed by atoms with Gasteiger partial charge in [0, 0.05) is 17.9 Å². The van der Waals surface area contributed by atoms with Gasteiger partial charge in [-0.2, -0.15) is 0 Å². The Hall–Kier alpha value is -0.670. The SMILES string of the molecule is CCCC(OCC)c1nc(C)c(C(C)C)c(Cl)n1. The molecule has 0 aliphatic heterocycles. The topological polar surface area (TPSA) is 35.0 Å². The highest BCUT2D eigenvalue weighted by molar-refractivity contribution is 6.30. The lowest BCUT2D eigenvalue weighted by molar-refractivity contribution is 0.0492. The molecule has 1 aromatic heterocycles. The average Bonchev–Trinajstić information content (AvgIpc) is 2.27. The van der Waals surface area contributed by atoms with E-state index in [1.54, 1.807) is 0 Å². The molecule has 0 amide bonds. The summed E-state index contributed by atoms with van der Waals surface area (Å²) >= 11 is 6.27. The first-order chi connectivity index (χ1) is 8.51. The van der Waals surface area contributed by atoms with Crippen LogP contribution >= 0.6 is 11.6 Å². The van der Waals surface area contributed by atoms with E-state index in [1.807, 2.05) is 13.8 Å². The van der Waals surface area contributed by atoms with E-state index in [4.69, 9.17) is 16.3 Å². The van der Waals surface area contributed by atoms with Crippen molar-refractivity contribution in [2.24, 2.45) is 0 Å². The maximum atomic E-state index is 6.27. The van der Waals surface area contributed by atoms with E-state index in [1.165, 1.54) is 0 Å². The Kier molecular flexibility index (Phi) is 6.03. The molecule has 0 N–H and O–H groups in total. The van der Waals surface area contributed by atoms with Crippen LogP contribution in [0.3, 0.4) is 0 Å². The van der Waals surface area contributed by atoms with Crippen LogP contribution in [0.15, 0.2) is 0 Å². The van der Waals surface area contributed by atoms with Gasteiger partial charge in [-0.15, -0.1) is 0 Å². The van der Waals surface area contributed by atoms with Crippen LogP contribution in [0.2, 0.25) is 5.15 Å². The number of nitrogens with zero attached hydrogens (tertiary/aromatic N) is 2. The maximum Gasteiger partial charge on any atom is 0.159 e. The second-order valence-corrected chi connectivity index (χ2v) is 5.12. The molecule has 102 valence electrons. The Morgan fingerprint density at radius 3 is 2.33 bits per heavy atom. The van der Waals surface area contributed by atoms with Crippen LogP contribution in [0.5, 0.6) is 0 Å². The van der Waals surface area contributed by atoms with Crippen molar-refractivity contribution in [1.29, 1.82) is 0 Å². The number of halogens is 1. The van der Waals surface area contributed by atoms with E-state index in [-0.39, 0.29) is 6.10 Å². The van der Waals surface area contributed by atoms with Gasteiger partial charge in [0.2, 0.25) is 0 Å². The zero-order valence-corrected chi connectivity index (χ0v) is 12.7. The summed E-state index contributed by atoms with van der Waals surface area (Å²) < 4.78 is 5.70. The van der Waals surface area contributed by atoms with Crippen molar-refractivity contribution in [1.82, 2.24) is 9.97 Å². The largest absolute Gasteiger partial charge is 0.371 e. The molecule has 0 saturated carbocycles. The molecule has 18 heavy (non-hydrogen) atoms. The van der Waals surface area contributed by atoms with Crippen LogP contribution in [-0.4, -0.2) is 16.6 Å². The lowest BCUT2D eigenvalue weighted by atomic mass is 10.0. The Morgan fingerprint density at radius 1 is 1.22 bits per heavy atom. The monoisotopic (exact) mass is 270 g/mol. The molecule has 3 nitrogen and oxygen atoms in total. The standard InChI is InChI=1S/C14H23ClN2O/c1-6-8-11(18-7-2)14-16-10(5)12(9(3)4)13(15)17-14/h9,11H,6-8H2,1-5H3. The molecular formula is C14H23ClN2O. The normalized spacial score (nSPS) is 13.1. The highest BCUT2D eigenvalue weighted by Gasteiger charge is 2.19. The summed E-state index contributed by atoms with van der Waals surface area (Å²) in [6.07, 6.45) is 1.92. The molecule has 0 bridgehead atoms. The first-order valence-corrected chi connectivity index (χ1v) is 7.04. The molecule has 0 aliphatic carbocycles. The predicted octanol–water partition coefficient (Wildman–Crippen LogP) is 4.44. The number of hydrogen-bond donors (Lipinski definition) is 0. The number of aromatic nitrogens is 2. The molecule has 0 fully saturated rings. The van der Waals surface area contributed by atoms with Crippen molar-refractivity contribution in [2.75, 3.05) is 6.61 Å². The first kappa shape index (κ1) is 15.4. The van der Waals surface area contributed by atoms with Gasteiger partial charge in [-0.25, -0.2) is 9.97 Å². The third-order valence-electron chi connectivity index (χ3n) is 2.89. The van der Waals surface area contributed by atoms with Gasteiger partial charge in [0.25, 0.3) is 0 Å². The number of ether oxygens (including phenoxy) is 1. The van der Waals surface area contributed by atoms with Crippen LogP contribution in [0.4, 0.5) is 0 Å². The summed E-state index contributed by atoms with van der Waals surface area (Å²) in [7, 11) is 0. The number of aryl methyl sites for hydroxylation is 1. The van der Waals surface area contributed by atoms with E-state index >= 15 is 0 Å². The van der Waals surface area contributed by atoms with E-state index in [2.05, 4.69) is 30.7 Å². The van der Waals surface area contributed by atoms with E-state index in [9.17, 15) is 0 Å². The second kappa shape index (κ2) is 7.05. The minimum absolute atomic E-state index is 0.0441. The van der Waals surface area contributed by atoms with Gasteiger partial charge in [-0.1, -0.05) is 38.8 Å². The minimum Gasteiger partial charge on any atom is -0.371 e. The quantitative estimate of drug-likeness (QED) is 0.717. The fourth-order valence-corrected chi connectivity index (χ4v) is 2.56. The highest BCUT2D eigenvalue weighted by Crippen LogP contribution is 2.28. The van der Waals surface area contributed by atoms with E-state index in [0.717, 1.165) is 24.1 Å². The average molecular weight is 271 g/mol. The molecule has 1 rings (SSSR count). The predicted molar refractivity (Wildman–Crippen MR) is 75.1 cm³/mol. The van der Waals surface area contributed by atoms with Crippen molar-refractivity contribution in [2.45, 2.75) is 59.5 Å². The Labute approximate surface area is 115 Å². The van der Waals surface area contributed by atoms with Crippen LogP contribution in [-0.2, 0) is 4.74 Å². The molecule has 0 aromatic carbocycles. The van der Waals surface area contributed by atoms with Crippen LogP contribution in [0.1, 0.15) is 69.6 Å². The molecule has 4 heteroatoms. The zero-order chi connectivity index (χ0) is 13.7. The summed E-state index contributed by atoms with van der Waals surface area (Å²) in [5.41, 5.74) is 1.99. The second-order valence-electron chi connectivity index (χ2n) is 4.76. The summed E-state index contributed by atoms with van der Waals surface area (Å²) in [6.45, 7) is 11.0. The van der Waals surface area contributed by atoms with Gasteiger partial charge in [0.05, 0.1) is 0 Å². The highest BCUT2D eigenvalue weighted by atomic mass is 35.5. The molecular weight excluding hydrogens is 248 g/mol. The third-order valence-corrected chi connectivity index (χ3v) is 3.18. The Balaban J connectivity index is 3.10. The lowest BCUT2D eigenvalue weighted by Crippen LogP contribution is -2.12. The lowest BCUT2D eigenvalue weighted by Gasteiger charge is -2.18. The summed E-state index contributed by atoms with van der Waals surface area (Å²) in [4.78, 5) is 8.99. The fraction of sp³-hybridized carbons (Fsp3) is 0.714. The van der Waals surface area contributed by atoms with Gasteiger partial charge in [0.1, 0.15) is 11.3 Å². The fourth-order valence-electron chi connectivity index (χ4n) is 2.12. The molecule has 1 unspecified atom stereocenters. The molecule has 0 radical (unpaired) electrons. The summed E-state index contributed by atoms with van der Waals surface area (Å²) in [5, 5.41) is 0.563. The third kappa shape index (κ3) is 3.66. The van der Waals surface area contributed by atoms with E-state index in [0.29, 0.717) is 23.5 Å². The van der Waals surface area contributed by atoms with Crippen LogP contribution in [0, 0.1) is 6.92 Å². The minimum atomic E-state index is -0.0441. The van der Waals surface area contributed by atoms with Gasteiger partial charge < -0.3 is 4.74 Å². The van der Waals surface area contributed by atoms with Gasteiger partial charge in [-0.3, -0.25) is 0 Å². The Bertz CT molecular complexity index is 364. The molecule has 1 heterocycles. The molecule has 0 aliphatic rings. The Morgan fingerprint density at radius 2 is 1.89 bits per heavy atom. The first-order valence-electron chi connectivity index (χ1n) is 6.66. The number of rotatable bonds is 6. The summed E-state index contributed by atoms with van der Waals surface area (Å²) in [5.74, 6) is 1.05. The molecule has 1 aromatic rings. The number of hydrogen-bond acceptors (Lipinski definition) is 3. The van der Waals surface area contributed by atoms with Gasteiger partial charge in [-0.05, 0) is 26.2 Å². The van der Waals surface area contributed by atoms with Gasteiger partial charge in [0.15, 0.2) is 5.82 Å². The van der Waals surface area contributed by atoms with Crippen molar-refractivity contribution in [3.63, 3.8) is 0 Å². The van der Waals surface area contributed by atoms with Crippen molar-refractivity contribution >= 4 is 11.6 Å². The van der Waals surface area contributed by atoms with Gasteiger partial charge >= 0.3 is 0 Å². The zero-order valence-electron chi connectivity index (χ0n) is 12.0. The molecule has 1 atom stereocenters. The summed E-state index contributed by atoms with van der Waals surface area (Å²) in [6, 6.07) is 0. The van der Waals surface area contributed by atoms with Crippen molar-refractivity contribution in [3.8, 4) is 0 Å². The van der Waals surface area contributed by atoms with Crippen molar-refractivity contribution in [3.05, 3.63) is 22.2 Å². The molecule has 0 spiro atoms. The van der Waals surface area contributed by atoms with Crippen LogP contribution in [0.25, 0.3) is 0 Å². The van der Waals surface area contributed by atoms with Crippen molar-refractivity contribution < 1.29 is 4.74 Å². The van der Waals surface area contributed by atoms with E-state index < -0.39 is 0 Å². The molecule has 0 saturated heterocycles.